The number of ether oxygens (including phenoxy) is 2. The highest BCUT2D eigenvalue weighted by Gasteiger charge is 2.25. The normalized spacial score (nSPS) is 12.5. The molecule has 0 aliphatic heterocycles. The van der Waals surface area contributed by atoms with Gasteiger partial charge in [-0.05, 0) is 61.4 Å². The van der Waals surface area contributed by atoms with E-state index < -0.39 is 18.3 Å². The minimum absolute atomic E-state index is 0.0948. The highest BCUT2D eigenvalue weighted by Crippen LogP contribution is 2.21. The molecular weight excluding hydrogens is 388 g/mol. The van der Waals surface area contributed by atoms with Gasteiger partial charge in [0.1, 0.15) is 17.6 Å². The summed E-state index contributed by atoms with van der Waals surface area (Å²) in [5, 5.41) is 23.8. The summed E-state index contributed by atoms with van der Waals surface area (Å²) in [6.45, 7) is 4.02. The van der Waals surface area contributed by atoms with Crippen LogP contribution in [0.4, 0.5) is 21.0 Å². The maximum atomic E-state index is 12.3. The molecule has 4 N–H and O–H groups in total. The molecule has 0 saturated carbocycles. The maximum absolute atomic E-state index is 12.3. The van der Waals surface area contributed by atoms with Crippen LogP contribution >= 0.6 is 0 Å². The van der Waals surface area contributed by atoms with Crippen LogP contribution in [0, 0.1) is 5.92 Å². The highest BCUT2D eigenvalue weighted by molar-refractivity contribution is 5.85. The smallest absolute Gasteiger partial charge is 0.411 e. The molecule has 30 heavy (non-hydrogen) atoms. The number of rotatable bonds is 9. The van der Waals surface area contributed by atoms with E-state index in [1.165, 1.54) is 24.3 Å². The van der Waals surface area contributed by atoms with Gasteiger partial charge in [0.05, 0.1) is 6.61 Å². The van der Waals surface area contributed by atoms with Crippen molar-refractivity contribution in [1.29, 1.82) is 0 Å². The zero-order chi connectivity index (χ0) is 21.9. The Morgan fingerprint density at radius 3 is 1.83 bits per heavy atom. The molecule has 2 unspecified atom stereocenters. The standard InChI is InChI=1S/C22H28N2O6/c1-3-5-20(30-22(28)24-17-8-12-19(26)13-9-17)15(4-2)14-29-21(27)23-16-6-10-18(25)11-7-16/h6-13,15,20,25-26H,3-5,14H2,1-2H3,(H,23,27)(H,24,28). The fraction of sp³-hybridized carbons (Fsp3) is 0.364. The van der Waals surface area contributed by atoms with Gasteiger partial charge in [-0.3, -0.25) is 10.6 Å². The van der Waals surface area contributed by atoms with Crippen LogP contribution in [0.15, 0.2) is 48.5 Å². The lowest BCUT2D eigenvalue weighted by Gasteiger charge is -2.26. The molecule has 0 aliphatic carbocycles. The molecule has 2 atom stereocenters. The van der Waals surface area contributed by atoms with E-state index in [9.17, 15) is 19.8 Å². The first-order chi connectivity index (χ1) is 14.4. The molecule has 0 radical (unpaired) electrons. The molecule has 0 aliphatic rings. The SMILES string of the molecule is CCCC(OC(=O)Nc1ccc(O)cc1)C(CC)COC(=O)Nc1ccc(O)cc1. The van der Waals surface area contributed by atoms with E-state index >= 15 is 0 Å². The fourth-order valence-corrected chi connectivity index (χ4v) is 2.87. The van der Waals surface area contributed by atoms with Crippen molar-refractivity contribution in [3.8, 4) is 11.5 Å². The van der Waals surface area contributed by atoms with Gasteiger partial charge >= 0.3 is 12.2 Å². The summed E-state index contributed by atoms with van der Waals surface area (Å²) in [7, 11) is 0. The van der Waals surface area contributed by atoms with E-state index in [-0.39, 0.29) is 24.0 Å². The number of anilines is 2. The van der Waals surface area contributed by atoms with Gasteiger partial charge < -0.3 is 19.7 Å². The van der Waals surface area contributed by atoms with Crippen molar-refractivity contribution in [2.75, 3.05) is 17.2 Å². The highest BCUT2D eigenvalue weighted by atomic mass is 16.6. The average Bonchev–Trinajstić information content (AvgIpc) is 2.72. The quantitative estimate of drug-likeness (QED) is 0.423. The summed E-state index contributed by atoms with van der Waals surface area (Å²) in [4.78, 5) is 24.3. The third-order valence-corrected chi connectivity index (χ3v) is 4.54. The second kappa shape index (κ2) is 11.5. The molecule has 0 fully saturated rings. The molecule has 0 spiro atoms. The van der Waals surface area contributed by atoms with E-state index in [4.69, 9.17) is 9.47 Å². The van der Waals surface area contributed by atoms with Gasteiger partial charge in [-0.1, -0.05) is 20.3 Å². The van der Waals surface area contributed by atoms with E-state index in [2.05, 4.69) is 10.6 Å². The number of aromatic hydroxyl groups is 2. The summed E-state index contributed by atoms with van der Waals surface area (Å²) >= 11 is 0. The van der Waals surface area contributed by atoms with E-state index in [0.717, 1.165) is 6.42 Å². The third-order valence-electron chi connectivity index (χ3n) is 4.54. The minimum atomic E-state index is -0.622. The Balaban J connectivity index is 1.89. The predicted molar refractivity (Wildman–Crippen MR) is 114 cm³/mol. The Kier molecular flexibility index (Phi) is 8.80. The van der Waals surface area contributed by atoms with Crippen molar-refractivity contribution in [3.05, 3.63) is 48.5 Å². The Labute approximate surface area is 175 Å². The zero-order valence-corrected chi connectivity index (χ0v) is 17.1. The van der Waals surface area contributed by atoms with Crippen molar-refractivity contribution in [1.82, 2.24) is 0 Å². The van der Waals surface area contributed by atoms with Gasteiger partial charge in [0.15, 0.2) is 0 Å². The first-order valence-electron chi connectivity index (χ1n) is 9.90. The van der Waals surface area contributed by atoms with E-state index in [1.807, 2.05) is 13.8 Å². The number of amides is 2. The Bertz CT molecular complexity index is 807. The third kappa shape index (κ3) is 7.54. The topological polar surface area (TPSA) is 117 Å². The van der Waals surface area contributed by atoms with Crippen LogP contribution in [0.1, 0.15) is 33.1 Å². The molecule has 0 heterocycles. The lowest BCUT2D eigenvalue weighted by Crippen LogP contribution is -2.33. The lowest BCUT2D eigenvalue weighted by molar-refractivity contribution is 0.0343. The van der Waals surface area contributed by atoms with Gasteiger partial charge in [-0.2, -0.15) is 0 Å². The number of phenolic OH excluding ortho intramolecular Hbond substituents is 2. The summed E-state index contributed by atoms with van der Waals surface area (Å²) in [5.74, 6) is 0.0396. The van der Waals surface area contributed by atoms with Crippen LogP contribution in [0.25, 0.3) is 0 Å². The van der Waals surface area contributed by atoms with Crippen LogP contribution in [0.2, 0.25) is 0 Å². The van der Waals surface area contributed by atoms with Crippen molar-refractivity contribution in [2.45, 2.75) is 39.2 Å². The van der Waals surface area contributed by atoms with Gasteiger partial charge in [0.2, 0.25) is 0 Å². The number of carbonyl (C=O) groups excluding carboxylic acids is 2. The Hall–Kier alpha value is -3.42. The number of hydrogen-bond acceptors (Lipinski definition) is 6. The molecule has 8 heteroatoms. The largest absolute Gasteiger partial charge is 0.508 e. The number of phenols is 2. The second-order valence-electron chi connectivity index (χ2n) is 6.84. The van der Waals surface area contributed by atoms with Crippen LogP contribution in [-0.4, -0.2) is 35.1 Å². The average molecular weight is 416 g/mol. The van der Waals surface area contributed by atoms with Gasteiger partial charge in [-0.15, -0.1) is 0 Å². The van der Waals surface area contributed by atoms with Gasteiger partial charge in [0, 0.05) is 17.3 Å². The molecular formula is C22H28N2O6. The first-order valence-corrected chi connectivity index (χ1v) is 9.90. The number of carbonyl (C=O) groups is 2. The van der Waals surface area contributed by atoms with E-state index in [0.29, 0.717) is 24.2 Å². The summed E-state index contributed by atoms with van der Waals surface area (Å²) in [5.41, 5.74) is 1.01. The Morgan fingerprint density at radius 2 is 1.37 bits per heavy atom. The number of hydrogen-bond donors (Lipinski definition) is 4. The monoisotopic (exact) mass is 416 g/mol. The zero-order valence-electron chi connectivity index (χ0n) is 17.1. The molecule has 0 saturated heterocycles. The van der Waals surface area contributed by atoms with Crippen molar-refractivity contribution in [2.24, 2.45) is 5.92 Å². The second-order valence-corrected chi connectivity index (χ2v) is 6.84. The summed E-state index contributed by atoms with van der Waals surface area (Å²) in [6.07, 6.45) is 0.439. The molecule has 8 nitrogen and oxygen atoms in total. The Morgan fingerprint density at radius 1 is 0.867 bits per heavy atom. The van der Waals surface area contributed by atoms with Crippen LogP contribution in [0.5, 0.6) is 11.5 Å². The molecule has 0 bridgehead atoms. The van der Waals surface area contributed by atoms with Crippen LogP contribution < -0.4 is 10.6 Å². The van der Waals surface area contributed by atoms with Crippen molar-refractivity contribution >= 4 is 23.6 Å². The molecule has 2 aromatic carbocycles. The number of benzene rings is 2. The maximum Gasteiger partial charge on any atom is 0.411 e. The molecule has 2 aromatic rings. The molecule has 2 amide bonds. The van der Waals surface area contributed by atoms with Crippen LogP contribution in [-0.2, 0) is 9.47 Å². The number of nitrogens with one attached hydrogen (secondary N) is 2. The lowest BCUT2D eigenvalue weighted by atomic mass is 9.97. The molecule has 162 valence electrons. The van der Waals surface area contributed by atoms with E-state index in [1.54, 1.807) is 24.3 Å². The van der Waals surface area contributed by atoms with Crippen molar-refractivity contribution < 1.29 is 29.3 Å². The first kappa shape index (κ1) is 22.9. The summed E-state index contributed by atoms with van der Waals surface area (Å²) < 4.78 is 10.9. The molecule has 2 rings (SSSR count). The minimum Gasteiger partial charge on any atom is -0.508 e. The van der Waals surface area contributed by atoms with Gasteiger partial charge in [0.25, 0.3) is 0 Å². The van der Waals surface area contributed by atoms with Crippen LogP contribution in [0.3, 0.4) is 0 Å². The predicted octanol–water partition coefficient (Wildman–Crippen LogP) is 5.09. The van der Waals surface area contributed by atoms with Gasteiger partial charge in [-0.25, -0.2) is 9.59 Å². The summed E-state index contributed by atoms with van der Waals surface area (Å²) in [6, 6.07) is 12.1. The van der Waals surface area contributed by atoms with Crippen molar-refractivity contribution in [3.63, 3.8) is 0 Å². The molecule has 0 aromatic heterocycles. The fourth-order valence-electron chi connectivity index (χ4n) is 2.87.